The molecule has 5 rings (SSSR count). The highest BCUT2D eigenvalue weighted by Crippen LogP contribution is 2.41. The Morgan fingerprint density at radius 2 is 1.64 bits per heavy atom. The van der Waals surface area contributed by atoms with Gasteiger partial charge in [-0.15, -0.1) is 0 Å². The molecule has 4 aromatic carbocycles. The Hall–Kier alpha value is -4.79. The Labute approximate surface area is 287 Å². The molecule has 2 amide bonds. The summed E-state index contributed by atoms with van der Waals surface area (Å²) in [4.78, 5) is 28.6. The minimum Gasteiger partial charge on any atom is -0.390 e. The molecule has 14 heteroatoms. The van der Waals surface area contributed by atoms with Crippen molar-refractivity contribution in [3.8, 4) is 0 Å². The molecule has 0 unspecified atom stereocenters. The van der Waals surface area contributed by atoms with Crippen LogP contribution in [0.15, 0.2) is 97.1 Å². The lowest BCUT2D eigenvalue weighted by Gasteiger charge is -2.30. The summed E-state index contributed by atoms with van der Waals surface area (Å²) in [6.45, 7) is 0.131. The van der Waals surface area contributed by atoms with E-state index < -0.39 is 45.6 Å². The number of aliphatic hydroxyl groups is 1. The summed E-state index contributed by atoms with van der Waals surface area (Å²) in [6, 6.07) is 22.0. The van der Waals surface area contributed by atoms with Gasteiger partial charge in [0.1, 0.15) is 5.82 Å². The van der Waals surface area contributed by atoms with E-state index in [-0.39, 0.29) is 61.0 Å². The quantitative estimate of drug-likeness (QED) is 0.156. The van der Waals surface area contributed by atoms with E-state index in [1.54, 1.807) is 12.1 Å². The van der Waals surface area contributed by atoms with Crippen LogP contribution in [0.25, 0.3) is 0 Å². The van der Waals surface area contributed by atoms with E-state index in [1.165, 1.54) is 47.4 Å². The van der Waals surface area contributed by atoms with Gasteiger partial charge in [-0.05, 0) is 66.4 Å². The van der Waals surface area contributed by atoms with Crippen molar-refractivity contribution < 1.29 is 40.7 Å². The molecule has 0 saturated carbocycles. The zero-order valence-corrected chi connectivity index (χ0v) is 27.8. The standard InChI is InChI=1S/C36H36F4N4O5S/c1-50(48,49)44(28-17-15-27(37)16-18-28)31-13-6-12-29(34(31)43-19-7-14-33(43)46)35(47)42-30(21-24-8-3-2-4-9-24)32(45)23-41-22-25-10-5-11-26(20-25)36(38,39)40/h2-6,8-13,15-18,20,30,32,41,45H,7,14,19,21-23H2,1H3,(H,42,47)/t30-,32+/m0/s1. The predicted molar refractivity (Wildman–Crippen MR) is 182 cm³/mol. The molecule has 0 bridgehead atoms. The summed E-state index contributed by atoms with van der Waals surface area (Å²) < 4.78 is 80.8. The van der Waals surface area contributed by atoms with Crippen LogP contribution in [0.5, 0.6) is 0 Å². The van der Waals surface area contributed by atoms with Crippen molar-refractivity contribution in [2.75, 3.05) is 28.6 Å². The summed E-state index contributed by atoms with van der Waals surface area (Å²) in [5, 5.41) is 17.2. The minimum atomic E-state index is -4.51. The molecule has 1 saturated heterocycles. The van der Waals surface area contributed by atoms with Gasteiger partial charge in [0.05, 0.1) is 46.6 Å². The van der Waals surface area contributed by atoms with E-state index in [1.807, 2.05) is 18.2 Å². The Morgan fingerprint density at radius 1 is 0.960 bits per heavy atom. The van der Waals surface area contributed by atoms with Crippen LogP contribution in [0.1, 0.15) is 39.9 Å². The molecule has 264 valence electrons. The number of nitrogens with zero attached hydrogens (tertiary/aromatic N) is 2. The van der Waals surface area contributed by atoms with E-state index in [2.05, 4.69) is 10.6 Å². The lowest BCUT2D eigenvalue weighted by Crippen LogP contribution is -2.49. The third-order valence-corrected chi connectivity index (χ3v) is 9.30. The number of hydrogen-bond donors (Lipinski definition) is 3. The first-order valence-corrected chi connectivity index (χ1v) is 17.7. The second kappa shape index (κ2) is 15.4. The smallest absolute Gasteiger partial charge is 0.390 e. The Kier molecular flexibility index (Phi) is 11.2. The lowest BCUT2D eigenvalue weighted by atomic mass is 9.99. The molecule has 3 N–H and O–H groups in total. The van der Waals surface area contributed by atoms with Crippen molar-refractivity contribution in [3.63, 3.8) is 0 Å². The number of para-hydroxylation sites is 1. The molecular weight excluding hydrogens is 676 g/mol. The number of alkyl halides is 3. The van der Waals surface area contributed by atoms with Crippen LogP contribution in [-0.2, 0) is 34.0 Å². The molecule has 0 radical (unpaired) electrons. The zero-order valence-electron chi connectivity index (χ0n) is 27.0. The molecular formula is C36H36F4N4O5S. The van der Waals surface area contributed by atoms with Crippen molar-refractivity contribution in [3.05, 3.63) is 125 Å². The Balaban J connectivity index is 1.47. The molecule has 0 aromatic heterocycles. The van der Waals surface area contributed by atoms with Gasteiger partial charge in [0.25, 0.3) is 5.91 Å². The lowest BCUT2D eigenvalue weighted by molar-refractivity contribution is -0.137. The fraction of sp³-hybridized carbons (Fsp3) is 0.278. The minimum absolute atomic E-state index is 0.00456. The number of aliphatic hydroxyl groups excluding tert-OH is 1. The largest absolute Gasteiger partial charge is 0.416 e. The average Bonchev–Trinajstić information content (AvgIpc) is 3.50. The summed E-state index contributed by atoms with van der Waals surface area (Å²) in [5.41, 5.74) is 0.430. The van der Waals surface area contributed by atoms with Gasteiger partial charge in [-0.3, -0.25) is 9.59 Å². The molecule has 1 aliphatic heterocycles. The first kappa shape index (κ1) is 36.5. The number of anilines is 3. The fourth-order valence-corrected chi connectivity index (χ4v) is 6.90. The van der Waals surface area contributed by atoms with Crippen molar-refractivity contribution >= 4 is 38.9 Å². The summed E-state index contributed by atoms with van der Waals surface area (Å²) >= 11 is 0. The van der Waals surface area contributed by atoms with Crippen molar-refractivity contribution in [2.45, 2.75) is 44.1 Å². The van der Waals surface area contributed by atoms with Crippen LogP contribution in [-0.4, -0.2) is 56.8 Å². The number of carbonyl (C=O) groups is 2. The number of carbonyl (C=O) groups excluding carboxylic acids is 2. The summed E-state index contributed by atoms with van der Waals surface area (Å²) in [6.07, 6.45) is -3.96. The normalized spacial score (nSPS) is 14.8. The molecule has 2 atom stereocenters. The first-order chi connectivity index (χ1) is 23.7. The maximum atomic E-state index is 14.2. The van der Waals surface area contributed by atoms with Crippen LogP contribution >= 0.6 is 0 Å². The maximum absolute atomic E-state index is 14.2. The molecule has 1 fully saturated rings. The van der Waals surface area contributed by atoms with E-state index in [0.29, 0.717) is 12.0 Å². The van der Waals surface area contributed by atoms with E-state index in [9.17, 15) is 40.7 Å². The monoisotopic (exact) mass is 712 g/mol. The van der Waals surface area contributed by atoms with Crippen LogP contribution in [0.4, 0.5) is 34.6 Å². The highest BCUT2D eigenvalue weighted by atomic mass is 32.2. The molecule has 0 spiro atoms. The van der Waals surface area contributed by atoms with Crippen LogP contribution in [0.3, 0.4) is 0 Å². The van der Waals surface area contributed by atoms with Crippen molar-refractivity contribution in [1.29, 1.82) is 0 Å². The van der Waals surface area contributed by atoms with Gasteiger partial charge in [0.2, 0.25) is 15.9 Å². The van der Waals surface area contributed by atoms with E-state index in [4.69, 9.17) is 0 Å². The van der Waals surface area contributed by atoms with Crippen LogP contribution in [0, 0.1) is 5.82 Å². The number of rotatable bonds is 13. The highest BCUT2D eigenvalue weighted by molar-refractivity contribution is 7.92. The van der Waals surface area contributed by atoms with Gasteiger partial charge in [-0.2, -0.15) is 13.2 Å². The molecule has 50 heavy (non-hydrogen) atoms. The van der Waals surface area contributed by atoms with Crippen LogP contribution < -0.4 is 19.8 Å². The average molecular weight is 713 g/mol. The predicted octanol–water partition coefficient (Wildman–Crippen LogP) is 5.56. The van der Waals surface area contributed by atoms with Gasteiger partial charge in [0, 0.05) is 26.1 Å². The first-order valence-electron chi connectivity index (χ1n) is 15.8. The Bertz CT molecular complexity index is 1930. The topological polar surface area (TPSA) is 119 Å². The van der Waals surface area contributed by atoms with Crippen molar-refractivity contribution in [1.82, 2.24) is 10.6 Å². The molecule has 1 heterocycles. The second-order valence-corrected chi connectivity index (χ2v) is 13.8. The van der Waals surface area contributed by atoms with Crippen LogP contribution in [0.2, 0.25) is 0 Å². The van der Waals surface area contributed by atoms with Gasteiger partial charge in [-0.1, -0.05) is 54.6 Å². The third-order valence-electron chi connectivity index (χ3n) is 8.23. The maximum Gasteiger partial charge on any atom is 0.416 e. The molecule has 0 aliphatic carbocycles. The van der Waals surface area contributed by atoms with Gasteiger partial charge in [-0.25, -0.2) is 17.1 Å². The molecule has 9 nitrogen and oxygen atoms in total. The number of benzene rings is 4. The summed E-state index contributed by atoms with van der Waals surface area (Å²) in [5.74, 6) is -1.61. The van der Waals surface area contributed by atoms with Gasteiger partial charge < -0.3 is 20.6 Å². The number of amides is 2. The summed E-state index contributed by atoms with van der Waals surface area (Å²) in [7, 11) is -4.09. The third kappa shape index (κ3) is 8.86. The Morgan fingerprint density at radius 3 is 2.28 bits per heavy atom. The van der Waals surface area contributed by atoms with Gasteiger partial charge >= 0.3 is 6.18 Å². The van der Waals surface area contributed by atoms with Crippen molar-refractivity contribution in [2.24, 2.45) is 0 Å². The highest BCUT2D eigenvalue weighted by Gasteiger charge is 2.34. The fourth-order valence-electron chi connectivity index (χ4n) is 5.89. The van der Waals surface area contributed by atoms with E-state index in [0.717, 1.165) is 40.4 Å². The zero-order chi connectivity index (χ0) is 36.1. The molecule has 1 aliphatic rings. The van der Waals surface area contributed by atoms with Gasteiger partial charge in [0.15, 0.2) is 0 Å². The van der Waals surface area contributed by atoms with E-state index >= 15 is 0 Å². The second-order valence-electron chi connectivity index (χ2n) is 12.0. The number of nitrogens with one attached hydrogen (secondary N) is 2. The number of sulfonamides is 1. The number of hydrogen-bond acceptors (Lipinski definition) is 6. The SMILES string of the molecule is CS(=O)(=O)N(c1ccc(F)cc1)c1cccc(C(=O)N[C@@H](Cc2ccccc2)[C@H](O)CNCc2cccc(C(F)(F)F)c2)c1N1CCCC1=O. The number of halogens is 4. The molecule has 4 aromatic rings.